The average molecular weight is 374 g/mol. The number of anilines is 2. The molecule has 0 fully saturated rings. The van der Waals surface area contributed by atoms with Crippen molar-refractivity contribution < 1.29 is 17.9 Å². The summed E-state index contributed by atoms with van der Waals surface area (Å²) in [4.78, 5) is 13.7. The summed E-state index contributed by atoms with van der Waals surface area (Å²) < 4.78 is 33.2. The lowest BCUT2D eigenvalue weighted by molar-refractivity contribution is -0.116. The first-order valence-electron chi connectivity index (χ1n) is 8.40. The second-order valence-corrected chi connectivity index (χ2v) is 8.04. The van der Waals surface area contributed by atoms with Crippen molar-refractivity contribution in [3.05, 3.63) is 47.5 Å². The lowest BCUT2D eigenvalue weighted by atomic mass is 10.0. The smallest absolute Gasteiger partial charge is 0.261 e. The van der Waals surface area contributed by atoms with Gasteiger partial charge in [-0.25, -0.2) is 8.42 Å². The molecule has 0 radical (unpaired) electrons. The van der Waals surface area contributed by atoms with Crippen molar-refractivity contribution in [1.29, 1.82) is 0 Å². The minimum absolute atomic E-state index is 0.00649. The maximum atomic E-state index is 12.7. The van der Waals surface area contributed by atoms with Crippen molar-refractivity contribution in [3.63, 3.8) is 0 Å². The number of carbonyl (C=O) groups is 1. The Kier molecular flexibility index (Phi) is 4.91. The Balaban J connectivity index is 1.89. The van der Waals surface area contributed by atoms with Gasteiger partial charge in [-0.1, -0.05) is 0 Å². The third-order valence-corrected chi connectivity index (χ3v) is 5.89. The zero-order valence-corrected chi connectivity index (χ0v) is 15.9. The Hall–Kier alpha value is -2.54. The molecule has 1 N–H and O–H groups in total. The number of hydrogen-bond acceptors (Lipinski definition) is 4. The number of nitrogens with zero attached hydrogens (tertiary/aromatic N) is 1. The van der Waals surface area contributed by atoms with Crippen LogP contribution in [-0.4, -0.2) is 28.0 Å². The van der Waals surface area contributed by atoms with E-state index in [-0.39, 0.29) is 10.8 Å². The number of sulfonamides is 1. The largest absolute Gasteiger partial charge is 0.496 e. The van der Waals surface area contributed by atoms with Gasteiger partial charge in [-0.3, -0.25) is 9.52 Å². The highest BCUT2D eigenvalue weighted by Crippen LogP contribution is 2.31. The molecule has 2 aromatic carbocycles. The van der Waals surface area contributed by atoms with Crippen molar-refractivity contribution in [2.24, 2.45) is 0 Å². The molecule has 138 valence electrons. The van der Waals surface area contributed by atoms with E-state index >= 15 is 0 Å². The van der Waals surface area contributed by atoms with E-state index in [0.29, 0.717) is 18.0 Å². The lowest BCUT2D eigenvalue weighted by Gasteiger charge is -2.29. The molecule has 6 nitrogen and oxygen atoms in total. The highest BCUT2D eigenvalue weighted by atomic mass is 32.2. The number of ether oxygens (including phenoxy) is 1. The number of aryl methyl sites for hydroxylation is 2. The maximum absolute atomic E-state index is 12.7. The summed E-state index contributed by atoms with van der Waals surface area (Å²) >= 11 is 0. The molecule has 0 saturated carbocycles. The minimum Gasteiger partial charge on any atom is -0.496 e. The highest BCUT2D eigenvalue weighted by Gasteiger charge is 2.21. The maximum Gasteiger partial charge on any atom is 0.261 e. The molecule has 0 bridgehead atoms. The summed E-state index contributed by atoms with van der Waals surface area (Å²) in [5.74, 6) is 0.634. The number of benzene rings is 2. The summed E-state index contributed by atoms with van der Waals surface area (Å²) in [6.45, 7) is 4.03. The van der Waals surface area contributed by atoms with Crippen LogP contribution in [0.1, 0.15) is 24.5 Å². The van der Waals surface area contributed by atoms with Gasteiger partial charge in [0.15, 0.2) is 0 Å². The van der Waals surface area contributed by atoms with Gasteiger partial charge < -0.3 is 9.64 Å². The second kappa shape index (κ2) is 6.99. The van der Waals surface area contributed by atoms with E-state index in [1.54, 1.807) is 49.3 Å². The standard InChI is InChI=1S/C19H22N2O4S/c1-13-11-17(7-9-19(13)25-3)26(23,24)20-16-6-8-18-15(12-16)5-4-10-21(18)14(2)22/h6-9,11-12,20H,4-5,10H2,1-3H3. The van der Waals surface area contributed by atoms with Crippen LogP contribution in [0, 0.1) is 6.92 Å². The zero-order chi connectivity index (χ0) is 18.9. The molecular weight excluding hydrogens is 352 g/mol. The first-order chi connectivity index (χ1) is 12.3. The van der Waals surface area contributed by atoms with Crippen molar-refractivity contribution in [1.82, 2.24) is 0 Å². The van der Waals surface area contributed by atoms with Gasteiger partial charge in [0.05, 0.1) is 12.0 Å². The molecule has 0 aliphatic carbocycles. The van der Waals surface area contributed by atoms with Gasteiger partial charge in [0, 0.05) is 24.8 Å². The molecular formula is C19H22N2O4S. The molecule has 2 aromatic rings. The van der Waals surface area contributed by atoms with Crippen molar-refractivity contribution in [3.8, 4) is 5.75 Å². The van der Waals surface area contributed by atoms with Crippen molar-refractivity contribution in [2.75, 3.05) is 23.3 Å². The van der Waals surface area contributed by atoms with Gasteiger partial charge in [-0.2, -0.15) is 0 Å². The zero-order valence-electron chi connectivity index (χ0n) is 15.1. The van der Waals surface area contributed by atoms with Crippen LogP contribution in [0.2, 0.25) is 0 Å². The van der Waals surface area contributed by atoms with Crippen molar-refractivity contribution in [2.45, 2.75) is 31.6 Å². The van der Waals surface area contributed by atoms with Gasteiger partial charge in [0.1, 0.15) is 5.75 Å². The van der Waals surface area contributed by atoms with Crippen LogP contribution in [0.25, 0.3) is 0 Å². The molecule has 1 aliphatic rings. The first-order valence-corrected chi connectivity index (χ1v) is 9.88. The highest BCUT2D eigenvalue weighted by molar-refractivity contribution is 7.92. The van der Waals surface area contributed by atoms with Crippen LogP contribution >= 0.6 is 0 Å². The fraction of sp³-hybridized carbons (Fsp3) is 0.316. The van der Waals surface area contributed by atoms with Crippen LogP contribution in [0.5, 0.6) is 5.75 Å². The van der Waals surface area contributed by atoms with E-state index in [4.69, 9.17) is 4.74 Å². The minimum atomic E-state index is -3.70. The van der Waals surface area contributed by atoms with Crippen molar-refractivity contribution >= 4 is 27.3 Å². The Labute approximate surface area is 153 Å². The number of nitrogens with one attached hydrogen (secondary N) is 1. The van der Waals surface area contributed by atoms with Gasteiger partial charge in [0.2, 0.25) is 5.91 Å². The number of fused-ring (bicyclic) bond motifs is 1. The molecule has 26 heavy (non-hydrogen) atoms. The van der Waals surface area contributed by atoms with Gasteiger partial charge in [0.25, 0.3) is 10.0 Å². The molecule has 1 amide bonds. The molecule has 1 heterocycles. The lowest BCUT2D eigenvalue weighted by Crippen LogP contribution is -2.33. The molecule has 3 rings (SSSR count). The van der Waals surface area contributed by atoms with E-state index in [9.17, 15) is 13.2 Å². The van der Waals surface area contributed by atoms with Crippen LogP contribution in [0.3, 0.4) is 0 Å². The molecule has 0 saturated heterocycles. The summed E-state index contributed by atoms with van der Waals surface area (Å²) in [7, 11) is -2.16. The van der Waals surface area contributed by atoms with Crippen LogP contribution in [0.15, 0.2) is 41.3 Å². The number of hydrogen-bond donors (Lipinski definition) is 1. The third-order valence-electron chi connectivity index (χ3n) is 4.51. The number of amides is 1. The Morgan fingerprint density at radius 1 is 1.19 bits per heavy atom. The number of rotatable bonds is 4. The van der Waals surface area contributed by atoms with Gasteiger partial charge in [-0.15, -0.1) is 0 Å². The van der Waals surface area contributed by atoms with Crippen LogP contribution in [-0.2, 0) is 21.2 Å². The number of methoxy groups -OCH3 is 1. The predicted octanol–water partition coefficient (Wildman–Crippen LogP) is 3.10. The van der Waals surface area contributed by atoms with E-state index in [0.717, 1.165) is 29.7 Å². The van der Waals surface area contributed by atoms with E-state index in [1.165, 1.54) is 13.0 Å². The predicted molar refractivity (Wildman–Crippen MR) is 101 cm³/mol. The summed E-state index contributed by atoms with van der Waals surface area (Å²) in [5.41, 5.74) is 3.06. The van der Waals surface area contributed by atoms with Gasteiger partial charge in [-0.05, 0) is 67.3 Å². The van der Waals surface area contributed by atoms with Crippen LogP contribution in [0.4, 0.5) is 11.4 Å². The fourth-order valence-corrected chi connectivity index (χ4v) is 4.35. The molecule has 1 aliphatic heterocycles. The summed E-state index contributed by atoms with van der Waals surface area (Å²) in [6, 6.07) is 10.0. The third kappa shape index (κ3) is 3.53. The Bertz CT molecular complexity index is 954. The topological polar surface area (TPSA) is 75.7 Å². The quantitative estimate of drug-likeness (QED) is 0.892. The summed E-state index contributed by atoms with van der Waals surface area (Å²) in [6.07, 6.45) is 1.68. The SMILES string of the molecule is COc1ccc(S(=O)(=O)Nc2ccc3c(c2)CCCN3C(C)=O)cc1C. The molecule has 0 atom stereocenters. The second-order valence-electron chi connectivity index (χ2n) is 6.35. The number of carbonyl (C=O) groups excluding carboxylic acids is 1. The Morgan fingerprint density at radius 2 is 1.96 bits per heavy atom. The summed E-state index contributed by atoms with van der Waals surface area (Å²) in [5, 5.41) is 0. The molecule has 0 aromatic heterocycles. The molecule has 0 spiro atoms. The van der Waals surface area contributed by atoms with E-state index in [2.05, 4.69) is 4.72 Å². The molecule has 0 unspecified atom stereocenters. The average Bonchev–Trinajstić information content (AvgIpc) is 2.60. The van der Waals surface area contributed by atoms with E-state index < -0.39 is 10.0 Å². The van der Waals surface area contributed by atoms with E-state index in [1.807, 2.05) is 0 Å². The van der Waals surface area contributed by atoms with Gasteiger partial charge >= 0.3 is 0 Å². The molecule has 7 heteroatoms. The Morgan fingerprint density at radius 3 is 2.62 bits per heavy atom. The monoisotopic (exact) mass is 374 g/mol. The normalized spacial score (nSPS) is 13.9. The first kappa shape index (κ1) is 18.3. The fourth-order valence-electron chi connectivity index (χ4n) is 3.22. The van der Waals surface area contributed by atoms with Crippen LogP contribution < -0.4 is 14.4 Å².